The van der Waals surface area contributed by atoms with E-state index in [0.717, 1.165) is 9.92 Å². The van der Waals surface area contributed by atoms with Gasteiger partial charge in [0.15, 0.2) is 11.0 Å². The molecule has 17 heavy (non-hydrogen) atoms. The minimum absolute atomic E-state index is 0.562. The van der Waals surface area contributed by atoms with Crippen molar-refractivity contribution in [1.82, 2.24) is 15.3 Å². The molecule has 6 heteroatoms. The van der Waals surface area contributed by atoms with Crippen LogP contribution in [0.3, 0.4) is 0 Å². The van der Waals surface area contributed by atoms with Gasteiger partial charge in [-0.15, -0.1) is 0 Å². The highest BCUT2D eigenvalue weighted by Crippen LogP contribution is 2.32. The Labute approximate surface area is 101 Å². The number of aromatic nitrogens is 3. The number of fused-ring (bicyclic) bond motifs is 1. The second-order valence-corrected chi connectivity index (χ2v) is 4.45. The lowest BCUT2D eigenvalue weighted by atomic mass is 10.3. The average molecular weight is 244 g/mol. The summed E-state index contributed by atoms with van der Waals surface area (Å²) in [6.45, 7) is 0. The lowest BCUT2D eigenvalue weighted by Crippen LogP contribution is -1.88. The van der Waals surface area contributed by atoms with Crippen molar-refractivity contribution < 1.29 is 4.63 Å². The third-order valence-corrected chi connectivity index (χ3v) is 3.26. The predicted octanol–water partition coefficient (Wildman–Crippen LogP) is 2.35. The van der Waals surface area contributed by atoms with Crippen LogP contribution < -0.4 is 5.73 Å². The zero-order valence-electron chi connectivity index (χ0n) is 8.70. The lowest BCUT2D eigenvalue weighted by Gasteiger charge is -2.01. The molecule has 2 N–H and O–H groups in total. The molecule has 0 atom stereocenters. The Balaban J connectivity index is 2.07. The molecule has 3 rings (SSSR count). The van der Waals surface area contributed by atoms with Crippen molar-refractivity contribution in [3.63, 3.8) is 0 Å². The molecule has 84 valence electrons. The summed E-state index contributed by atoms with van der Waals surface area (Å²) in [6.07, 6.45) is 1.75. The summed E-state index contributed by atoms with van der Waals surface area (Å²) in [7, 11) is 0. The van der Waals surface area contributed by atoms with E-state index in [2.05, 4.69) is 15.3 Å². The summed E-state index contributed by atoms with van der Waals surface area (Å²) in [6, 6.07) is 9.42. The van der Waals surface area contributed by atoms with Gasteiger partial charge in [-0.05, 0) is 34.6 Å². The second-order valence-electron chi connectivity index (χ2n) is 3.38. The van der Waals surface area contributed by atoms with Crippen LogP contribution in [0.2, 0.25) is 0 Å². The molecule has 0 unspecified atom stereocenters. The number of hydrogen-bond donors (Lipinski definition) is 1. The Bertz CT molecular complexity index is 653. The van der Waals surface area contributed by atoms with Crippen LogP contribution in [-0.2, 0) is 0 Å². The van der Waals surface area contributed by atoms with Gasteiger partial charge in [0.1, 0.15) is 5.03 Å². The molecule has 0 spiro atoms. The minimum Gasteiger partial charge on any atom is -0.397 e. The van der Waals surface area contributed by atoms with Crippen molar-refractivity contribution >= 4 is 28.5 Å². The van der Waals surface area contributed by atoms with Gasteiger partial charge in [-0.3, -0.25) is 0 Å². The van der Waals surface area contributed by atoms with E-state index in [9.17, 15) is 0 Å². The number of nitrogens with zero attached hydrogens (tertiary/aromatic N) is 3. The molecule has 5 nitrogen and oxygen atoms in total. The van der Waals surface area contributed by atoms with Gasteiger partial charge in [0.05, 0.1) is 5.69 Å². The van der Waals surface area contributed by atoms with Crippen LogP contribution in [0.25, 0.3) is 11.0 Å². The smallest absolute Gasteiger partial charge is 0.159 e. The SMILES string of the molecule is Nc1ccc(Sc2ccccn2)c2nonc12. The first-order chi connectivity index (χ1) is 8.34. The van der Waals surface area contributed by atoms with Gasteiger partial charge in [0.2, 0.25) is 0 Å². The topological polar surface area (TPSA) is 77.8 Å². The van der Waals surface area contributed by atoms with Gasteiger partial charge in [0, 0.05) is 11.1 Å². The van der Waals surface area contributed by atoms with Crippen LogP contribution in [0.15, 0.2) is 51.1 Å². The minimum atomic E-state index is 0.562. The first kappa shape index (κ1) is 10.1. The van der Waals surface area contributed by atoms with E-state index < -0.39 is 0 Å². The Morgan fingerprint density at radius 1 is 1.06 bits per heavy atom. The van der Waals surface area contributed by atoms with Crippen molar-refractivity contribution in [3.05, 3.63) is 36.5 Å². The van der Waals surface area contributed by atoms with E-state index in [4.69, 9.17) is 10.4 Å². The summed E-state index contributed by atoms with van der Waals surface area (Å²) in [5.41, 5.74) is 7.59. The van der Waals surface area contributed by atoms with Gasteiger partial charge >= 0.3 is 0 Å². The maximum absolute atomic E-state index is 5.78. The number of hydrogen-bond acceptors (Lipinski definition) is 6. The monoisotopic (exact) mass is 244 g/mol. The third-order valence-electron chi connectivity index (χ3n) is 2.26. The van der Waals surface area contributed by atoms with Crippen LogP contribution in [0.4, 0.5) is 5.69 Å². The van der Waals surface area contributed by atoms with Gasteiger partial charge in [0.25, 0.3) is 0 Å². The van der Waals surface area contributed by atoms with Gasteiger partial charge in [-0.25, -0.2) is 9.61 Å². The third kappa shape index (κ3) is 1.83. The molecule has 0 saturated carbocycles. The Morgan fingerprint density at radius 3 is 2.76 bits per heavy atom. The van der Waals surface area contributed by atoms with Gasteiger partial charge in [-0.1, -0.05) is 17.8 Å². The molecule has 0 aliphatic heterocycles. The average Bonchev–Trinajstić information content (AvgIpc) is 2.84. The number of nitrogens with two attached hydrogens (primary N) is 1. The number of anilines is 1. The Hall–Kier alpha value is -2.08. The fraction of sp³-hybridized carbons (Fsp3) is 0. The normalized spacial score (nSPS) is 10.8. The largest absolute Gasteiger partial charge is 0.397 e. The van der Waals surface area contributed by atoms with E-state index in [1.165, 1.54) is 11.8 Å². The van der Waals surface area contributed by atoms with Crippen molar-refractivity contribution in [2.45, 2.75) is 9.92 Å². The highest BCUT2D eigenvalue weighted by atomic mass is 32.2. The molecule has 0 amide bonds. The van der Waals surface area contributed by atoms with E-state index in [1.807, 2.05) is 24.3 Å². The number of pyridine rings is 1. The molecule has 2 heterocycles. The Kier molecular flexibility index (Phi) is 2.41. The number of rotatable bonds is 2. The van der Waals surface area contributed by atoms with E-state index in [1.54, 1.807) is 12.3 Å². The van der Waals surface area contributed by atoms with Crippen molar-refractivity contribution in [2.75, 3.05) is 5.73 Å². The first-order valence-corrected chi connectivity index (χ1v) is 5.76. The molecular formula is C11H8N4OS. The maximum atomic E-state index is 5.78. The summed E-state index contributed by atoms with van der Waals surface area (Å²) in [5, 5.41) is 8.53. The van der Waals surface area contributed by atoms with Crippen molar-refractivity contribution in [3.8, 4) is 0 Å². The quantitative estimate of drug-likeness (QED) is 0.697. The summed E-state index contributed by atoms with van der Waals surface area (Å²) in [4.78, 5) is 5.17. The van der Waals surface area contributed by atoms with Gasteiger partial charge < -0.3 is 5.73 Å². The first-order valence-electron chi connectivity index (χ1n) is 4.94. The fourth-order valence-corrected chi connectivity index (χ4v) is 2.32. The van der Waals surface area contributed by atoms with E-state index >= 15 is 0 Å². The zero-order chi connectivity index (χ0) is 11.7. The van der Waals surface area contributed by atoms with Crippen LogP contribution in [0.1, 0.15) is 0 Å². The zero-order valence-corrected chi connectivity index (χ0v) is 9.52. The maximum Gasteiger partial charge on any atom is 0.159 e. The molecule has 0 aliphatic carbocycles. The molecule has 0 radical (unpaired) electrons. The highest BCUT2D eigenvalue weighted by Gasteiger charge is 2.11. The van der Waals surface area contributed by atoms with Crippen LogP contribution in [0, 0.1) is 0 Å². The number of benzene rings is 1. The highest BCUT2D eigenvalue weighted by molar-refractivity contribution is 7.99. The summed E-state index contributed by atoms with van der Waals surface area (Å²) >= 11 is 1.50. The molecule has 0 bridgehead atoms. The molecule has 2 aromatic heterocycles. The molecule has 0 saturated heterocycles. The molecule has 3 aromatic rings. The predicted molar refractivity (Wildman–Crippen MR) is 64.6 cm³/mol. The van der Waals surface area contributed by atoms with Crippen LogP contribution >= 0.6 is 11.8 Å². The van der Waals surface area contributed by atoms with Crippen LogP contribution in [0.5, 0.6) is 0 Å². The Morgan fingerprint density at radius 2 is 1.94 bits per heavy atom. The number of nitrogen functional groups attached to an aromatic ring is 1. The molecule has 0 fully saturated rings. The lowest BCUT2D eigenvalue weighted by molar-refractivity contribution is 0.315. The molecule has 1 aromatic carbocycles. The van der Waals surface area contributed by atoms with Crippen molar-refractivity contribution in [1.29, 1.82) is 0 Å². The fourth-order valence-electron chi connectivity index (χ4n) is 1.47. The molecule has 0 aliphatic rings. The van der Waals surface area contributed by atoms with Gasteiger partial charge in [-0.2, -0.15) is 0 Å². The van der Waals surface area contributed by atoms with E-state index in [0.29, 0.717) is 16.7 Å². The summed E-state index contributed by atoms with van der Waals surface area (Å²) in [5.74, 6) is 0. The second kappa shape index (κ2) is 4.06. The molecular weight excluding hydrogens is 236 g/mol. The van der Waals surface area contributed by atoms with Crippen molar-refractivity contribution in [2.24, 2.45) is 0 Å². The van der Waals surface area contributed by atoms with Crippen LogP contribution in [-0.4, -0.2) is 15.3 Å². The van der Waals surface area contributed by atoms with E-state index in [-0.39, 0.29) is 0 Å². The standard InChI is InChI=1S/C11H8N4OS/c12-7-4-5-8(11-10(7)14-16-15-11)17-9-3-1-2-6-13-9/h1-6H,12H2. The summed E-state index contributed by atoms with van der Waals surface area (Å²) < 4.78 is 4.71.